The number of amides is 2. The van der Waals surface area contributed by atoms with Gasteiger partial charge in [0, 0.05) is 29.4 Å². The molecule has 1 heterocycles. The SMILES string of the molecule is C=CC(=O)N(C)c1ccc(C(=O)Nc2ncc(CC)s2)cc1. The number of carbonyl (C=O) groups excluding carboxylic acids is 2. The summed E-state index contributed by atoms with van der Waals surface area (Å²) in [4.78, 5) is 30.4. The third-order valence-corrected chi connectivity index (χ3v) is 4.20. The van der Waals surface area contributed by atoms with E-state index in [1.54, 1.807) is 37.5 Å². The van der Waals surface area contributed by atoms with E-state index in [0.29, 0.717) is 16.4 Å². The summed E-state index contributed by atoms with van der Waals surface area (Å²) in [6.07, 6.45) is 3.90. The van der Waals surface area contributed by atoms with Gasteiger partial charge < -0.3 is 4.90 Å². The molecule has 0 unspecified atom stereocenters. The van der Waals surface area contributed by atoms with Crippen LogP contribution >= 0.6 is 11.3 Å². The molecule has 2 rings (SSSR count). The molecule has 1 aromatic heterocycles. The van der Waals surface area contributed by atoms with Gasteiger partial charge in [0.15, 0.2) is 5.13 Å². The van der Waals surface area contributed by atoms with E-state index in [1.807, 2.05) is 6.92 Å². The standard InChI is InChI=1S/C16H17N3O2S/c1-4-13-10-17-16(22-13)18-15(21)11-6-8-12(9-7-11)19(3)14(20)5-2/h5-10H,2,4H2,1,3H3,(H,17,18,21). The van der Waals surface area contributed by atoms with E-state index in [9.17, 15) is 9.59 Å². The van der Waals surface area contributed by atoms with Crippen LogP contribution in [0.3, 0.4) is 0 Å². The van der Waals surface area contributed by atoms with Crippen LogP contribution in [0, 0.1) is 0 Å². The Labute approximate surface area is 133 Å². The van der Waals surface area contributed by atoms with Crippen molar-refractivity contribution in [1.29, 1.82) is 0 Å². The van der Waals surface area contributed by atoms with Crippen LogP contribution in [0.5, 0.6) is 0 Å². The normalized spacial score (nSPS) is 10.1. The highest BCUT2D eigenvalue weighted by Gasteiger charge is 2.11. The first-order valence-electron chi connectivity index (χ1n) is 6.81. The fraction of sp³-hybridized carbons (Fsp3) is 0.188. The number of aromatic nitrogens is 1. The molecule has 0 atom stereocenters. The summed E-state index contributed by atoms with van der Waals surface area (Å²) in [7, 11) is 1.65. The Morgan fingerprint density at radius 1 is 1.36 bits per heavy atom. The van der Waals surface area contributed by atoms with Crippen LogP contribution in [0.2, 0.25) is 0 Å². The second kappa shape index (κ2) is 7.00. The molecule has 0 radical (unpaired) electrons. The molecular formula is C16H17N3O2S. The molecule has 0 spiro atoms. The molecule has 0 fully saturated rings. The fourth-order valence-corrected chi connectivity index (χ4v) is 2.55. The topological polar surface area (TPSA) is 62.3 Å². The quantitative estimate of drug-likeness (QED) is 0.862. The van der Waals surface area contributed by atoms with E-state index in [2.05, 4.69) is 16.9 Å². The Balaban J connectivity index is 2.07. The Morgan fingerprint density at radius 2 is 2.05 bits per heavy atom. The van der Waals surface area contributed by atoms with Crippen molar-refractivity contribution in [3.63, 3.8) is 0 Å². The summed E-state index contributed by atoms with van der Waals surface area (Å²) in [5.74, 6) is -0.423. The zero-order chi connectivity index (χ0) is 16.1. The first-order valence-corrected chi connectivity index (χ1v) is 7.63. The Bertz CT molecular complexity index is 692. The van der Waals surface area contributed by atoms with Gasteiger partial charge in [0.1, 0.15) is 0 Å². The summed E-state index contributed by atoms with van der Waals surface area (Å²) in [5.41, 5.74) is 1.21. The van der Waals surface area contributed by atoms with E-state index in [4.69, 9.17) is 0 Å². The minimum atomic E-state index is -0.221. The molecule has 1 aromatic carbocycles. The van der Waals surface area contributed by atoms with Gasteiger partial charge in [-0.05, 0) is 36.8 Å². The van der Waals surface area contributed by atoms with E-state index >= 15 is 0 Å². The number of hydrogen-bond donors (Lipinski definition) is 1. The number of nitrogens with zero attached hydrogens (tertiary/aromatic N) is 2. The lowest BCUT2D eigenvalue weighted by molar-refractivity contribution is -0.113. The van der Waals surface area contributed by atoms with Crippen LogP contribution < -0.4 is 10.2 Å². The number of nitrogens with one attached hydrogen (secondary N) is 1. The molecule has 1 N–H and O–H groups in total. The Hall–Kier alpha value is -2.47. The molecule has 0 aliphatic heterocycles. The van der Waals surface area contributed by atoms with Gasteiger partial charge in [0.25, 0.3) is 5.91 Å². The smallest absolute Gasteiger partial charge is 0.257 e. The van der Waals surface area contributed by atoms with Gasteiger partial charge in [-0.15, -0.1) is 11.3 Å². The number of thiazole rings is 1. The number of benzene rings is 1. The molecule has 2 aromatic rings. The lowest BCUT2D eigenvalue weighted by atomic mass is 10.2. The van der Waals surface area contributed by atoms with Crippen molar-refractivity contribution in [2.45, 2.75) is 13.3 Å². The van der Waals surface area contributed by atoms with Crippen LogP contribution in [0.4, 0.5) is 10.8 Å². The lowest BCUT2D eigenvalue weighted by Crippen LogP contribution is -2.23. The van der Waals surface area contributed by atoms with Gasteiger partial charge in [-0.2, -0.15) is 0 Å². The molecule has 0 aliphatic carbocycles. The largest absolute Gasteiger partial charge is 0.312 e. The molecule has 0 saturated carbocycles. The van der Waals surface area contributed by atoms with Gasteiger partial charge >= 0.3 is 0 Å². The van der Waals surface area contributed by atoms with E-state index in [0.717, 1.165) is 11.3 Å². The maximum atomic E-state index is 12.1. The highest BCUT2D eigenvalue weighted by molar-refractivity contribution is 7.15. The van der Waals surface area contributed by atoms with Gasteiger partial charge in [0.05, 0.1) is 0 Å². The summed E-state index contributed by atoms with van der Waals surface area (Å²) in [5, 5.41) is 3.36. The summed E-state index contributed by atoms with van der Waals surface area (Å²) < 4.78 is 0. The monoisotopic (exact) mass is 315 g/mol. The average Bonchev–Trinajstić information content (AvgIpc) is 3.01. The number of aryl methyl sites for hydroxylation is 1. The predicted octanol–water partition coefficient (Wildman–Crippen LogP) is 3.11. The minimum Gasteiger partial charge on any atom is -0.312 e. The van der Waals surface area contributed by atoms with Crippen LogP contribution in [0.25, 0.3) is 0 Å². The number of rotatable bonds is 5. The van der Waals surface area contributed by atoms with Crippen molar-refractivity contribution >= 4 is 34.0 Å². The van der Waals surface area contributed by atoms with E-state index < -0.39 is 0 Å². The predicted molar refractivity (Wildman–Crippen MR) is 89.5 cm³/mol. The van der Waals surface area contributed by atoms with Crippen molar-refractivity contribution in [2.24, 2.45) is 0 Å². The van der Waals surface area contributed by atoms with E-state index in [1.165, 1.54) is 22.3 Å². The van der Waals surface area contributed by atoms with Crippen LogP contribution in [0.1, 0.15) is 22.2 Å². The summed E-state index contributed by atoms with van der Waals surface area (Å²) in [6.45, 7) is 5.49. The molecular weight excluding hydrogens is 298 g/mol. The van der Waals surface area contributed by atoms with Crippen LogP contribution in [-0.2, 0) is 11.2 Å². The number of hydrogen-bond acceptors (Lipinski definition) is 4. The number of anilines is 2. The maximum absolute atomic E-state index is 12.1. The second-order valence-corrected chi connectivity index (χ2v) is 5.70. The van der Waals surface area contributed by atoms with Crippen LogP contribution in [-0.4, -0.2) is 23.8 Å². The fourth-order valence-electron chi connectivity index (χ4n) is 1.80. The van der Waals surface area contributed by atoms with Crippen molar-refractivity contribution < 1.29 is 9.59 Å². The molecule has 0 aliphatic rings. The number of likely N-dealkylation sites (N-methyl/N-ethyl adjacent to an activating group) is 1. The first kappa shape index (κ1) is 15.9. The highest BCUT2D eigenvalue weighted by Crippen LogP contribution is 2.20. The van der Waals surface area contributed by atoms with Gasteiger partial charge in [-0.3, -0.25) is 14.9 Å². The Kier molecular flexibility index (Phi) is 5.06. The van der Waals surface area contributed by atoms with Gasteiger partial charge in [-0.25, -0.2) is 4.98 Å². The molecule has 114 valence electrons. The minimum absolute atomic E-state index is 0.202. The summed E-state index contributed by atoms with van der Waals surface area (Å²) >= 11 is 1.46. The zero-order valence-electron chi connectivity index (χ0n) is 12.5. The maximum Gasteiger partial charge on any atom is 0.257 e. The first-order chi connectivity index (χ1) is 10.5. The third-order valence-electron chi connectivity index (χ3n) is 3.14. The number of carbonyl (C=O) groups is 2. The van der Waals surface area contributed by atoms with Gasteiger partial charge in [-0.1, -0.05) is 13.5 Å². The molecule has 2 amide bonds. The highest BCUT2D eigenvalue weighted by atomic mass is 32.1. The molecule has 0 bridgehead atoms. The second-order valence-electron chi connectivity index (χ2n) is 4.59. The average molecular weight is 315 g/mol. The molecule has 22 heavy (non-hydrogen) atoms. The van der Waals surface area contributed by atoms with Crippen molar-refractivity contribution in [1.82, 2.24) is 4.98 Å². The van der Waals surface area contributed by atoms with Crippen molar-refractivity contribution in [3.05, 3.63) is 53.6 Å². The lowest BCUT2D eigenvalue weighted by Gasteiger charge is -2.15. The van der Waals surface area contributed by atoms with Crippen LogP contribution in [0.15, 0.2) is 43.1 Å². The zero-order valence-corrected chi connectivity index (χ0v) is 13.3. The summed E-state index contributed by atoms with van der Waals surface area (Å²) in [6, 6.07) is 6.78. The van der Waals surface area contributed by atoms with Crippen molar-refractivity contribution in [3.8, 4) is 0 Å². The van der Waals surface area contributed by atoms with Gasteiger partial charge in [0.2, 0.25) is 5.91 Å². The molecule has 0 saturated heterocycles. The van der Waals surface area contributed by atoms with E-state index in [-0.39, 0.29) is 11.8 Å². The Morgan fingerprint density at radius 3 is 2.59 bits per heavy atom. The molecule has 5 nitrogen and oxygen atoms in total. The van der Waals surface area contributed by atoms with Crippen molar-refractivity contribution in [2.75, 3.05) is 17.3 Å². The molecule has 6 heteroatoms. The third kappa shape index (κ3) is 3.59.